The van der Waals surface area contributed by atoms with E-state index in [1.807, 2.05) is 0 Å². The summed E-state index contributed by atoms with van der Waals surface area (Å²) in [6, 6.07) is 6.00. The lowest BCUT2D eigenvalue weighted by atomic mass is 10.1. The van der Waals surface area contributed by atoms with Crippen LogP contribution in [-0.4, -0.2) is 33.8 Å². The van der Waals surface area contributed by atoms with Gasteiger partial charge in [-0.3, -0.25) is 9.63 Å². The zero-order chi connectivity index (χ0) is 22.1. The van der Waals surface area contributed by atoms with E-state index < -0.39 is 18.7 Å². The Bertz CT molecular complexity index is 1110. The van der Waals surface area contributed by atoms with Gasteiger partial charge in [0.1, 0.15) is 5.52 Å². The minimum Gasteiger partial charge on any atom is -0.394 e. The summed E-state index contributed by atoms with van der Waals surface area (Å²) in [7, 11) is 0. The minimum atomic E-state index is -2.63. The number of carbonyl (C=O) groups excluding carboxylic acids is 1. The average Bonchev–Trinajstić information content (AvgIpc) is 3.10. The molecule has 3 aromatic rings. The highest BCUT2D eigenvalue weighted by molar-refractivity contribution is 9.10. The number of fused-ring (bicyclic) bond motifs is 1. The minimum absolute atomic E-state index is 0.104. The molecule has 7 nitrogen and oxygen atoms in total. The molecule has 0 bridgehead atoms. The van der Waals surface area contributed by atoms with E-state index >= 15 is 4.39 Å². The average molecular weight is 461 g/mol. The Morgan fingerprint density at radius 2 is 2.33 bits per heavy atom. The van der Waals surface area contributed by atoms with Crippen molar-refractivity contribution in [3.8, 4) is 0 Å². The zero-order valence-electron chi connectivity index (χ0n) is 16.6. The predicted molar refractivity (Wildman–Crippen MR) is 104 cm³/mol. The van der Waals surface area contributed by atoms with Gasteiger partial charge in [0.25, 0.3) is 5.91 Å². The Hall–Kier alpha value is -2.20. The van der Waals surface area contributed by atoms with Gasteiger partial charge in [-0.2, -0.15) is 0 Å². The zero-order valence-corrected chi connectivity index (χ0v) is 15.9. The molecular weight excluding hydrogens is 443 g/mol. The summed E-state index contributed by atoms with van der Waals surface area (Å²) < 4.78 is 39.6. The number of nitrogens with zero attached hydrogens (tertiary/aromatic N) is 2. The lowest BCUT2D eigenvalue weighted by Gasteiger charge is -2.15. The Morgan fingerprint density at radius 1 is 1.52 bits per heavy atom. The first kappa shape index (κ1) is 15.8. The smallest absolute Gasteiger partial charge is 0.277 e. The van der Waals surface area contributed by atoms with E-state index in [-0.39, 0.29) is 40.5 Å². The van der Waals surface area contributed by atoms with Crippen LogP contribution in [0.15, 0.2) is 35.1 Å². The number of hydrogen-bond donors (Lipinski definition) is 3. The Kier molecular flexibility index (Phi) is 4.81. The molecule has 142 valence electrons. The van der Waals surface area contributed by atoms with Crippen molar-refractivity contribution < 1.29 is 23.2 Å². The van der Waals surface area contributed by atoms with Crippen LogP contribution in [0.25, 0.3) is 11.0 Å². The quantitative estimate of drug-likeness (QED) is 0.387. The van der Waals surface area contributed by atoms with Gasteiger partial charge in [-0.05, 0) is 24.3 Å². The summed E-state index contributed by atoms with van der Waals surface area (Å²) in [5.41, 5.74) is 1.52. The molecular formula is C17H15BrClFN4O3. The number of amides is 1. The fraction of sp³-hybridized carbons (Fsp3) is 0.176. The number of aliphatic hydroxyl groups excluding tert-OH is 1. The molecule has 10 heteroatoms. The van der Waals surface area contributed by atoms with Gasteiger partial charge in [-0.1, -0.05) is 27.5 Å². The third kappa shape index (κ3) is 4.06. The molecule has 0 fully saturated rings. The van der Waals surface area contributed by atoms with Crippen molar-refractivity contribution in [1.82, 2.24) is 15.0 Å². The molecule has 1 amide bonds. The number of hydroxylamine groups is 1. The number of anilines is 2. The highest BCUT2D eigenvalue weighted by Crippen LogP contribution is 2.34. The number of aromatic nitrogens is 2. The standard InChI is InChI=1S/C17H15BrClFN4O3/c1-24-8-21-16-13(24)7-10(17(26)23-27-5-4-25)15(14(16)20)22-12-3-2-9(18)6-11(12)19/h2-3,6-8,22,25H,4-5H2,1H3,(H,23,26)/i1D3. The Balaban J connectivity index is 2.16. The highest BCUT2D eigenvalue weighted by atomic mass is 79.9. The van der Waals surface area contributed by atoms with Gasteiger partial charge in [0.05, 0.1) is 47.0 Å². The summed E-state index contributed by atoms with van der Waals surface area (Å²) in [4.78, 5) is 21.3. The topological polar surface area (TPSA) is 88.4 Å². The van der Waals surface area contributed by atoms with Crippen LogP contribution in [-0.2, 0) is 11.8 Å². The second kappa shape index (κ2) is 8.22. The van der Waals surface area contributed by atoms with E-state index in [1.165, 1.54) is 6.07 Å². The summed E-state index contributed by atoms with van der Waals surface area (Å²) >= 11 is 9.46. The van der Waals surface area contributed by atoms with Crippen LogP contribution in [0.4, 0.5) is 15.8 Å². The summed E-state index contributed by atoms with van der Waals surface area (Å²) in [6.07, 6.45) is 0.973. The molecule has 3 rings (SSSR count). The molecule has 0 aliphatic carbocycles. The van der Waals surface area contributed by atoms with E-state index in [4.69, 9.17) is 25.7 Å². The van der Waals surface area contributed by atoms with Gasteiger partial charge in [0.2, 0.25) is 0 Å². The van der Waals surface area contributed by atoms with Crippen molar-refractivity contribution >= 4 is 55.8 Å². The molecule has 0 aliphatic rings. The second-order valence-electron chi connectivity index (χ2n) is 5.35. The first-order chi connectivity index (χ1) is 14.1. The number of nitrogens with one attached hydrogen (secondary N) is 2. The van der Waals surface area contributed by atoms with E-state index in [1.54, 1.807) is 18.2 Å². The van der Waals surface area contributed by atoms with E-state index in [9.17, 15) is 4.79 Å². The maximum absolute atomic E-state index is 15.3. The number of benzene rings is 2. The number of aliphatic hydroxyl groups is 1. The number of imidazole rings is 1. The molecule has 2 aromatic carbocycles. The normalized spacial score (nSPS) is 13.1. The lowest BCUT2D eigenvalue weighted by molar-refractivity contribution is 0.0169. The highest BCUT2D eigenvalue weighted by Gasteiger charge is 2.22. The number of aryl methyl sites for hydroxylation is 1. The maximum Gasteiger partial charge on any atom is 0.277 e. The molecule has 1 aromatic heterocycles. The summed E-state index contributed by atoms with van der Waals surface area (Å²) in [6.45, 7) is -3.17. The van der Waals surface area contributed by atoms with Crippen LogP contribution in [0.1, 0.15) is 14.5 Å². The molecule has 3 N–H and O–H groups in total. The van der Waals surface area contributed by atoms with Gasteiger partial charge in [-0.25, -0.2) is 14.9 Å². The van der Waals surface area contributed by atoms with Crippen molar-refractivity contribution in [3.63, 3.8) is 0 Å². The molecule has 0 spiro atoms. The fourth-order valence-corrected chi connectivity index (χ4v) is 3.08. The molecule has 0 radical (unpaired) electrons. The molecule has 0 atom stereocenters. The third-order valence-corrected chi connectivity index (χ3v) is 4.38. The number of rotatable bonds is 6. The Labute approximate surface area is 171 Å². The van der Waals surface area contributed by atoms with Crippen LogP contribution < -0.4 is 10.8 Å². The maximum atomic E-state index is 15.3. The number of hydrogen-bond acceptors (Lipinski definition) is 5. The predicted octanol–water partition coefficient (Wildman–Crippen LogP) is 3.53. The molecule has 0 aliphatic heterocycles. The van der Waals surface area contributed by atoms with Gasteiger partial charge in [0.15, 0.2) is 5.82 Å². The van der Waals surface area contributed by atoms with Crippen LogP contribution in [0, 0.1) is 5.82 Å². The van der Waals surface area contributed by atoms with Crippen LogP contribution in [0.3, 0.4) is 0 Å². The van der Waals surface area contributed by atoms with Crippen LogP contribution in [0.2, 0.25) is 5.02 Å². The van der Waals surface area contributed by atoms with Crippen molar-refractivity contribution in [2.45, 2.75) is 0 Å². The fourth-order valence-electron chi connectivity index (χ4n) is 2.35. The largest absolute Gasteiger partial charge is 0.394 e. The van der Waals surface area contributed by atoms with Crippen molar-refractivity contribution in [2.75, 3.05) is 18.5 Å². The Morgan fingerprint density at radius 3 is 3.04 bits per heavy atom. The van der Waals surface area contributed by atoms with E-state index in [2.05, 4.69) is 31.7 Å². The first-order valence-electron chi connectivity index (χ1n) is 9.08. The lowest BCUT2D eigenvalue weighted by Crippen LogP contribution is -2.26. The SMILES string of the molecule is [2H]C([2H])([2H])n1cnc2c(F)c(Nc3ccc(Br)cc3Cl)c(C(=O)NOCCO)cc21. The van der Waals surface area contributed by atoms with Crippen molar-refractivity contribution in [3.05, 3.63) is 51.5 Å². The first-order valence-corrected chi connectivity index (χ1v) is 8.75. The van der Waals surface area contributed by atoms with E-state index in [0.29, 0.717) is 10.2 Å². The molecule has 1 heterocycles. The third-order valence-electron chi connectivity index (χ3n) is 3.58. The van der Waals surface area contributed by atoms with Crippen molar-refractivity contribution in [2.24, 2.45) is 6.98 Å². The van der Waals surface area contributed by atoms with Crippen LogP contribution in [0.5, 0.6) is 0 Å². The van der Waals surface area contributed by atoms with Gasteiger partial charge in [-0.15, -0.1) is 0 Å². The molecule has 0 saturated carbocycles. The molecule has 27 heavy (non-hydrogen) atoms. The van der Waals surface area contributed by atoms with E-state index in [0.717, 1.165) is 10.9 Å². The molecule has 0 unspecified atom stereocenters. The van der Waals surface area contributed by atoms with Gasteiger partial charge >= 0.3 is 0 Å². The monoisotopic (exact) mass is 459 g/mol. The van der Waals surface area contributed by atoms with Crippen molar-refractivity contribution in [1.29, 1.82) is 0 Å². The second-order valence-corrected chi connectivity index (χ2v) is 6.67. The number of carbonyl (C=O) groups is 1. The summed E-state index contributed by atoms with van der Waals surface area (Å²) in [5.74, 6) is -1.81. The van der Waals surface area contributed by atoms with Gasteiger partial charge < -0.3 is 15.0 Å². The van der Waals surface area contributed by atoms with Gasteiger partial charge in [0, 0.05) is 15.6 Å². The summed E-state index contributed by atoms with van der Waals surface area (Å²) in [5, 5.41) is 11.8. The molecule has 0 saturated heterocycles. The van der Waals surface area contributed by atoms with Crippen LogP contribution >= 0.6 is 27.5 Å². The number of halogens is 3.